The van der Waals surface area contributed by atoms with Crippen molar-refractivity contribution < 1.29 is 4.39 Å². The number of halogens is 1. The Bertz CT molecular complexity index is 484. The van der Waals surface area contributed by atoms with Crippen LogP contribution in [0.2, 0.25) is 0 Å². The molecule has 1 aromatic carbocycles. The van der Waals surface area contributed by atoms with E-state index in [1.807, 2.05) is 19.2 Å². The van der Waals surface area contributed by atoms with Crippen LogP contribution in [0.1, 0.15) is 16.5 Å². The molecule has 1 heterocycles. The Morgan fingerprint density at radius 1 is 1.33 bits per heavy atom. The summed E-state index contributed by atoms with van der Waals surface area (Å²) >= 11 is 1.72. The zero-order valence-corrected chi connectivity index (χ0v) is 11.2. The van der Waals surface area contributed by atoms with Crippen LogP contribution in [-0.2, 0) is 6.54 Å². The second-order valence-corrected chi connectivity index (χ2v) is 5.33. The minimum atomic E-state index is -0.213. The first kappa shape index (κ1) is 13.2. The number of nitrogens with zero attached hydrogens (tertiary/aromatic N) is 1. The number of nitrogens with two attached hydrogens (primary N) is 1. The molecule has 0 amide bonds. The molecular weight excluding hydrogens is 247 g/mol. The minimum Gasteiger partial charge on any atom is -0.329 e. The Hall–Kier alpha value is -1.23. The van der Waals surface area contributed by atoms with Crippen molar-refractivity contribution in [3.05, 3.63) is 58.0 Å². The third-order valence-corrected chi connectivity index (χ3v) is 3.84. The van der Waals surface area contributed by atoms with Crippen LogP contribution in [0.3, 0.4) is 0 Å². The summed E-state index contributed by atoms with van der Waals surface area (Å²) in [5.74, 6) is -0.213. The second-order valence-electron chi connectivity index (χ2n) is 4.30. The minimum absolute atomic E-state index is 0.0443. The summed E-state index contributed by atoms with van der Waals surface area (Å²) in [5.41, 5.74) is 6.75. The molecule has 0 saturated heterocycles. The number of hydrogen-bond acceptors (Lipinski definition) is 3. The summed E-state index contributed by atoms with van der Waals surface area (Å²) < 4.78 is 13.2. The van der Waals surface area contributed by atoms with Crippen LogP contribution in [0, 0.1) is 5.82 Å². The highest BCUT2D eigenvalue weighted by molar-refractivity contribution is 7.09. The Kier molecular flexibility index (Phi) is 4.47. The van der Waals surface area contributed by atoms with E-state index in [0.29, 0.717) is 6.54 Å². The number of likely N-dealkylation sites (N-methyl/N-ethyl adjacent to an activating group) is 1. The van der Waals surface area contributed by atoms with Crippen LogP contribution in [0.4, 0.5) is 4.39 Å². The number of rotatable bonds is 5. The summed E-state index contributed by atoms with van der Waals surface area (Å²) in [5, 5.41) is 2.06. The summed E-state index contributed by atoms with van der Waals surface area (Å²) in [6.07, 6.45) is 0. The fourth-order valence-electron chi connectivity index (χ4n) is 2.04. The third kappa shape index (κ3) is 3.16. The molecule has 96 valence electrons. The highest BCUT2D eigenvalue weighted by Gasteiger charge is 2.16. The molecule has 18 heavy (non-hydrogen) atoms. The van der Waals surface area contributed by atoms with Crippen molar-refractivity contribution in [1.82, 2.24) is 4.90 Å². The van der Waals surface area contributed by atoms with Gasteiger partial charge in [0.2, 0.25) is 0 Å². The van der Waals surface area contributed by atoms with Gasteiger partial charge in [-0.05, 0) is 36.2 Å². The molecule has 0 bridgehead atoms. The van der Waals surface area contributed by atoms with E-state index in [-0.39, 0.29) is 11.9 Å². The van der Waals surface area contributed by atoms with E-state index in [2.05, 4.69) is 16.3 Å². The van der Waals surface area contributed by atoms with Gasteiger partial charge in [0.1, 0.15) is 5.82 Å². The van der Waals surface area contributed by atoms with Crippen LogP contribution in [0.5, 0.6) is 0 Å². The van der Waals surface area contributed by atoms with Crippen molar-refractivity contribution in [1.29, 1.82) is 0 Å². The molecule has 1 unspecified atom stereocenters. The second kappa shape index (κ2) is 6.09. The maximum Gasteiger partial charge on any atom is 0.123 e. The molecule has 4 heteroatoms. The van der Waals surface area contributed by atoms with E-state index < -0.39 is 0 Å². The van der Waals surface area contributed by atoms with Crippen molar-refractivity contribution in [2.45, 2.75) is 12.6 Å². The van der Waals surface area contributed by atoms with Gasteiger partial charge < -0.3 is 5.73 Å². The average molecular weight is 264 g/mol. The van der Waals surface area contributed by atoms with E-state index in [4.69, 9.17) is 5.73 Å². The predicted octanol–water partition coefficient (Wildman–Crippen LogP) is 3.02. The van der Waals surface area contributed by atoms with Gasteiger partial charge in [0.25, 0.3) is 0 Å². The molecule has 0 spiro atoms. The molecule has 2 rings (SSSR count). The average Bonchev–Trinajstić information content (AvgIpc) is 2.83. The van der Waals surface area contributed by atoms with Gasteiger partial charge in [-0.25, -0.2) is 4.39 Å². The molecule has 0 fully saturated rings. The van der Waals surface area contributed by atoms with E-state index in [1.165, 1.54) is 10.9 Å². The summed E-state index contributed by atoms with van der Waals surface area (Å²) in [7, 11) is 2.02. The van der Waals surface area contributed by atoms with Gasteiger partial charge in [0.05, 0.1) is 0 Å². The zero-order valence-electron chi connectivity index (χ0n) is 10.3. The van der Waals surface area contributed by atoms with Gasteiger partial charge in [-0.1, -0.05) is 18.2 Å². The van der Waals surface area contributed by atoms with Crippen LogP contribution in [-0.4, -0.2) is 18.5 Å². The highest BCUT2D eigenvalue weighted by Crippen LogP contribution is 2.22. The van der Waals surface area contributed by atoms with Gasteiger partial charge in [0.15, 0.2) is 0 Å². The Morgan fingerprint density at radius 3 is 2.78 bits per heavy atom. The van der Waals surface area contributed by atoms with Gasteiger partial charge >= 0.3 is 0 Å². The quantitative estimate of drug-likeness (QED) is 0.899. The summed E-state index contributed by atoms with van der Waals surface area (Å²) in [6, 6.07) is 10.8. The lowest BCUT2D eigenvalue weighted by Crippen LogP contribution is -2.30. The SMILES string of the molecule is CN(Cc1cccs1)C(CN)c1cccc(F)c1. The molecule has 0 radical (unpaired) electrons. The zero-order chi connectivity index (χ0) is 13.0. The third-order valence-electron chi connectivity index (χ3n) is 2.97. The van der Waals surface area contributed by atoms with Gasteiger partial charge in [0, 0.05) is 24.0 Å². The summed E-state index contributed by atoms with van der Waals surface area (Å²) in [6.45, 7) is 1.31. The fourth-order valence-corrected chi connectivity index (χ4v) is 2.81. The fraction of sp³-hybridized carbons (Fsp3) is 0.286. The first-order valence-corrected chi connectivity index (χ1v) is 6.77. The molecule has 0 aliphatic carbocycles. The smallest absolute Gasteiger partial charge is 0.123 e. The van der Waals surface area contributed by atoms with E-state index in [9.17, 15) is 4.39 Å². The number of benzene rings is 1. The maximum absolute atomic E-state index is 13.2. The first-order valence-electron chi connectivity index (χ1n) is 5.89. The van der Waals surface area contributed by atoms with E-state index >= 15 is 0 Å². The molecule has 2 nitrogen and oxygen atoms in total. The standard InChI is InChI=1S/C14H17FN2S/c1-17(10-13-6-3-7-18-13)14(9-16)11-4-2-5-12(15)8-11/h2-8,14H,9-10,16H2,1H3. The highest BCUT2D eigenvalue weighted by atomic mass is 32.1. The van der Waals surface area contributed by atoms with Crippen LogP contribution in [0.25, 0.3) is 0 Å². The Balaban J connectivity index is 2.12. The topological polar surface area (TPSA) is 29.3 Å². The van der Waals surface area contributed by atoms with Crippen LogP contribution < -0.4 is 5.73 Å². The molecule has 1 aromatic heterocycles. The molecule has 2 aromatic rings. The molecule has 1 atom stereocenters. The first-order chi connectivity index (χ1) is 8.70. The van der Waals surface area contributed by atoms with E-state index in [1.54, 1.807) is 23.5 Å². The van der Waals surface area contributed by atoms with Crippen molar-refractivity contribution in [3.8, 4) is 0 Å². The van der Waals surface area contributed by atoms with Crippen LogP contribution >= 0.6 is 11.3 Å². The Morgan fingerprint density at radius 2 is 2.17 bits per heavy atom. The lowest BCUT2D eigenvalue weighted by molar-refractivity contribution is 0.243. The Labute approximate surface area is 111 Å². The largest absolute Gasteiger partial charge is 0.329 e. The number of thiophene rings is 1. The number of hydrogen-bond donors (Lipinski definition) is 1. The molecule has 2 N–H and O–H groups in total. The predicted molar refractivity (Wildman–Crippen MR) is 74.0 cm³/mol. The van der Waals surface area contributed by atoms with Gasteiger partial charge in [-0.3, -0.25) is 4.90 Å². The van der Waals surface area contributed by atoms with Gasteiger partial charge in [-0.15, -0.1) is 11.3 Å². The molecule has 0 aliphatic heterocycles. The monoisotopic (exact) mass is 264 g/mol. The normalized spacial score (nSPS) is 12.9. The molecule has 0 saturated carbocycles. The van der Waals surface area contributed by atoms with Crippen molar-refractivity contribution >= 4 is 11.3 Å². The summed E-state index contributed by atoms with van der Waals surface area (Å²) in [4.78, 5) is 3.44. The lowest BCUT2D eigenvalue weighted by atomic mass is 10.1. The molecular formula is C14H17FN2S. The van der Waals surface area contributed by atoms with Crippen molar-refractivity contribution in [2.75, 3.05) is 13.6 Å². The van der Waals surface area contributed by atoms with E-state index in [0.717, 1.165) is 12.1 Å². The van der Waals surface area contributed by atoms with Crippen LogP contribution in [0.15, 0.2) is 41.8 Å². The van der Waals surface area contributed by atoms with Gasteiger partial charge in [-0.2, -0.15) is 0 Å². The maximum atomic E-state index is 13.2. The lowest BCUT2D eigenvalue weighted by Gasteiger charge is -2.26. The van der Waals surface area contributed by atoms with Crippen molar-refractivity contribution in [3.63, 3.8) is 0 Å². The van der Waals surface area contributed by atoms with Crippen molar-refractivity contribution in [2.24, 2.45) is 5.73 Å². The molecule has 0 aliphatic rings.